The van der Waals surface area contributed by atoms with Gasteiger partial charge >= 0.3 is 0 Å². The van der Waals surface area contributed by atoms with Crippen LogP contribution in [-0.4, -0.2) is 47.3 Å². The third-order valence-electron chi connectivity index (χ3n) is 4.97. The lowest BCUT2D eigenvalue weighted by Crippen LogP contribution is -2.54. The molecule has 0 bridgehead atoms. The van der Waals surface area contributed by atoms with Gasteiger partial charge in [0, 0.05) is 43.2 Å². The van der Waals surface area contributed by atoms with Crippen molar-refractivity contribution in [2.45, 2.75) is 39.2 Å². The Morgan fingerprint density at radius 1 is 1.29 bits per heavy atom. The van der Waals surface area contributed by atoms with Gasteiger partial charge in [0.25, 0.3) is 0 Å². The summed E-state index contributed by atoms with van der Waals surface area (Å²) in [4.78, 5) is 34.4. The Kier molecular flexibility index (Phi) is 6.42. The normalized spacial score (nSPS) is 16.7. The summed E-state index contributed by atoms with van der Waals surface area (Å²) in [5, 5.41) is 8.88. The van der Waals surface area contributed by atoms with Gasteiger partial charge in [-0.25, -0.2) is 4.98 Å². The average Bonchev–Trinajstić information content (AvgIpc) is 3.17. The molecular weight excluding hydrogens is 372 g/mol. The molecular formula is C21H24N4O2S. The lowest BCUT2D eigenvalue weighted by molar-refractivity contribution is -0.133. The number of amides is 1. The van der Waals surface area contributed by atoms with Crippen molar-refractivity contribution in [1.29, 1.82) is 5.26 Å². The van der Waals surface area contributed by atoms with E-state index in [0.717, 1.165) is 41.5 Å². The first-order chi connectivity index (χ1) is 13.5. The number of Topliss-reactive ketones (excluding diaryl/α,β-unsaturated/α-hetero) is 1. The minimum Gasteiger partial charge on any atom is -0.353 e. The van der Waals surface area contributed by atoms with Crippen LogP contribution in [0.4, 0.5) is 5.82 Å². The molecule has 0 saturated carbocycles. The molecule has 1 aliphatic heterocycles. The van der Waals surface area contributed by atoms with Gasteiger partial charge in [-0.15, -0.1) is 11.3 Å². The van der Waals surface area contributed by atoms with Crippen LogP contribution in [0.5, 0.6) is 0 Å². The maximum atomic E-state index is 12.6. The molecule has 0 N–H and O–H groups in total. The molecule has 2 aromatic rings. The summed E-state index contributed by atoms with van der Waals surface area (Å²) in [7, 11) is 0. The van der Waals surface area contributed by atoms with Crippen LogP contribution in [0, 0.1) is 11.3 Å². The molecule has 28 heavy (non-hydrogen) atoms. The van der Waals surface area contributed by atoms with Gasteiger partial charge in [0.05, 0.1) is 10.4 Å². The van der Waals surface area contributed by atoms with Gasteiger partial charge in [0.1, 0.15) is 11.9 Å². The molecule has 3 rings (SSSR count). The number of nitriles is 1. The Labute approximate surface area is 169 Å². The molecule has 1 unspecified atom stereocenters. The van der Waals surface area contributed by atoms with Gasteiger partial charge in [-0.1, -0.05) is 0 Å². The highest BCUT2D eigenvalue weighted by Crippen LogP contribution is 2.21. The number of ketones is 1. The predicted molar refractivity (Wildman–Crippen MR) is 110 cm³/mol. The van der Waals surface area contributed by atoms with Gasteiger partial charge in [0.2, 0.25) is 5.91 Å². The highest BCUT2D eigenvalue weighted by atomic mass is 32.1. The van der Waals surface area contributed by atoms with Gasteiger partial charge < -0.3 is 9.80 Å². The molecule has 0 spiro atoms. The molecule has 3 heterocycles. The second-order valence-electron chi connectivity index (χ2n) is 7.07. The van der Waals surface area contributed by atoms with Crippen LogP contribution in [0.25, 0.3) is 0 Å². The summed E-state index contributed by atoms with van der Waals surface area (Å²) >= 11 is 1.52. The van der Waals surface area contributed by atoms with E-state index in [0.29, 0.717) is 18.5 Å². The smallest absolute Gasteiger partial charge is 0.222 e. The molecule has 2 aromatic heterocycles. The van der Waals surface area contributed by atoms with Crippen LogP contribution in [0.1, 0.15) is 46.8 Å². The first-order valence-corrected chi connectivity index (χ1v) is 10.3. The van der Waals surface area contributed by atoms with E-state index >= 15 is 0 Å². The maximum absolute atomic E-state index is 12.6. The van der Waals surface area contributed by atoms with Crippen LogP contribution < -0.4 is 4.90 Å². The van der Waals surface area contributed by atoms with Crippen LogP contribution in [0.2, 0.25) is 0 Å². The fourth-order valence-electron chi connectivity index (χ4n) is 3.43. The molecule has 6 nitrogen and oxygen atoms in total. The molecule has 0 aromatic carbocycles. The SMILES string of the molecule is CC(=O)c1ccc(CCCC(=O)N2CCN(c3ccc(C#N)cn3)CC2C)s1. The van der Waals surface area contributed by atoms with Crippen molar-refractivity contribution in [2.24, 2.45) is 0 Å². The van der Waals surface area contributed by atoms with Crippen molar-refractivity contribution >= 4 is 28.8 Å². The average molecular weight is 397 g/mol. The molecule has 0 radical (unpaired) electrons. The van der Waals surface area contributed by atoms with E-state index in [9.17, 15) is 9.59 Å². The first kappa shape index (κ1) is 20.0. The summed E-state index contributed by atoms with van der Waals surface area (Å²) in [5.41, 5.74) is 0.548. The first-order valence-electron chi connectivity index (χ1n) is 9.48. The number of aromatic nitrogens is 1. The number of hydrogen-bond donors (Lipinski definition) is 0. The molecule has 1 amide bonds. The van der Waals surface area contributed by atoms with Gasteiger partial charge in [0.15, 0.2) is 5.78 Å². The second-order valence-corrected chi connectivity index (χ2v) is 8.24. The highest BCUT2D eigenvalue weighted by Gasteiger charge is 2.27. The van der Waals surface area contributed by atoms with E-state index in [4.69, 9.17) is 5.26 Å². The van der Waals surface area contributed by atoms with Gasteiger partial charge in [-0.2, -0.15) is 5.26 Å². The van der Waals surface area contributed by atoms with Gasteiger partial charge in [-0.3, -0.25) is 9.59 Å². The summed E-state index contributed by atoms with van der Waals surface area (Å²) in [6.45, 7) is 5.79. The third-order valence-corrected chi connectivity index (χ3v) is 6.22. The number of hydrogen-bond acceptors (Lipinski definition) is 6. The Morgan fingerprint density at radius 3 is 2.71 bits per heavy atom. The zero-order valence-electron chi connectivity index (χ0n) is 16.2. The van der Waals surface area contributed by atoms with Crippen molar-refractivity contribution in [3.8, 4) is 6.07 Å². The lowest BCUT2D eigenvalue weighted by Gasteiger charge is -2.40. The van der Waals surface area contributed by atoms with Crippen molar-refractivity contribution in [2.75, 3.05) is 24.5 Å². The lowest BCUT2D eigenvalue weighted by atomic mass is 10.1. The molecule has 7 heteroatoms. The second kappa shape index (κ2) is 8.98. The molecule has 146 valence electrons. The summed E-state index contributed by atoms with van der Waals surface area (Å²) < 4.78 is 0. The molecule has 1 aliphatic rings. The quantitative estimate of drug-likeness (QED) is 0.700. The Morgan fingerprint density at radius 2 is 2.11 bits per heavy atom. The number of thiophene rings is 1. The Bertz CT molecular complexity index is 885. The zero-order chi connectivity index (χ0) is 20.1. The number of nitrogens with zero attached hydrogens (tertiary/aromatic N) is 4. The minimum absolute atomic E-state index is 0.0933. The summed E-state index contributed by atoms with van der Waals surface area (Å²) in [6, 6.07) is 9.67. The number of carbonyl (C=O) groups excluding carboxylic acids is 2. The number of piperazine rings is 1. The summed E-state index contributed by atoms with van der Waals surface area (Å²) in [5.74, 6) is 1.12. The number of aryl methyl sites for hydroxylation is 1. The molecule has 0 aliphatic carbocycles. The van der Waals surface area contributed by atoms with Crippen molar-refractivity contribution in [3.05, 3.63) is 45.8 Å². The third kappa shape index (κ3) is 4.76. The zero-order valence-corrected chi connectivity index (χ0v) is 17.0. The number of rotatable bonds is 6. The Balaban J connectivity index is 1.48. The van der Waals surface area contributed by atoms with Gasteiger partial charge in [-0.05, 0) is 51.0 Å². The monoisotopic (exact) mass is 396 g/mol. The Hall–Kier alpha value is -2.72. The molecule has 1 saturated heterocycles. The predicted octanol–water partition coefficient (Wildman–Crippen LogP) is 3.28. The van der Waals surface area contributed by atoms with E-state index in [1.165, 1.54) is 11.3 Å². The fraction of sp³-hybridized carbons (Fsp3) is 0.429. The van der Waals surface area contributed by atoms with Crippen LogP contribution in [0.3, 0.4) is 0 Å². The van der Waals surface area contributed by atoms with E-state index in [1.807, 2.05) is 23.1 Å². The van der Waals surface area contributed by atoms with Crippen LogP contribution >= 0.6 is 11.3 Å². The summed E-state index contributed by atoms with van der Waals surface area (Å²) in [6.07, 6.45) is 3.72. The van der Waals surface area contributed by atoms with E-state index in [-0.39, 0.29) is 17.7 Å². The number of pyridine rings is 1. The van der Waals surface area contributed by atoms with Crippen molar-refractivity contribution in [1.82, 2.24) is 9.88 Å². The van der Waals surface area contributed by atoms with Crippen molar-refractivity contribution in [3.63, 3.8) is 0 Å². The van der Waals surface area contributed by atoms with Crippen LogP contribution in [-0.2, 0) is 11.2 Å². The minimum atomic E-state index is 0.0933. The number of carbonyl (C=O) groups is 2. The molecule has 1 fully saturated rings. The largest absolute Gasteiger partial charge is 0.353 e. The van der Waals surface area contributed by atoms with Crippen molar-refractivity contribution < 1.29 is 9.59 Å². The topological polar surface area (TPSA) is 77.3 Å². The maximum Gasteiger partial charge on any atom is 0.222 e. The van der Waals surface area contributed by atoms with E-state index < -0.39 is 0 Å². The molecule has 1 atom stereocenters. The highest BCUT2D eigenvalue weighted by molar-refractivity contribution is 7.14. The van der Waals surface area contributed by atoms with E-state index in [1.54, 1.807) is 19.2 Å². The standard InChI is InChI=1S/C21H24N4O2S/c1-15-14-24(20-9-6-17(12-22)13-23-20)10-11-25(15)21(27)5-3-4-18-7-8-19(28-18)16(2)26/h6-9,13,15H,3-5,10-11,14H2,1-2H3. The fourth-order valence-corrected chi connectivity index (χ4v) is 4.38. The van der Waals surface area contributed by atoms with E-state index in [2.05, 4.69) is 22.9 Å². The van der Waals surface area contributed by atoms with Crippen LogP contribution in [0.15, 0.2) is 30.5 Å². The number of anilines is 1.